The zero-order valence-electron chi connectivity index (χ0n) is 15.1. The minimum Gasteiger partial charge on any atom is -0.423 e. The molecule has 1 saturated carbocycles. The van der Waals surface area contributed by atoms with E-state index in [-0.39, 0.29) is 0 Å². The van der Waals surface area contributed by atoms with Gasteiger partial charge in [-0.2, -0.15) is 5.26 Å². The average molecular weight is 330 g/mol. The van der Waals surface area contributed by atoms with Gasteiger partial charge in [0.05, 0.1) is 0 Å². The van der Waals surface area contributed by atoms with Crippen LogP contribution in [0.1, 0.15) is 69.4 Å². The molecule has 2 aliphatic rings. The maximum atomic E-state index is 9.44. The number of anilines is 1. The molecule has 0 radical (unpaired) electrons. The minimum atomic E-state index is 0.399. The van der Waals surface area contributed by atoms with Crippen molar-refractivity contribution < 1.29 is 4.42 Å². The topological polar surface area (TPSA) is 56.3 Å². The van der Waals surface area contributed by atoms with E-state index < -0.39 is 0 Å². The number of unbranched alkanes of at least 4 members (excludes halogenated alkanes) is 1. The van der Waals surface area contributed by atoms with Crippen molar-refractivity contribution in [3.63, 3.8) is 0 Å². The maximum Gasteiger partial charge on any atom is 0.234 e. The number of hydrogen-bond acceptors (Lipinski definition) is 5. The van der Waals surface area contributed by atoms with Crippen LogP contribution in [0.25, 0.3) is 0 Å². The summed E-state index contributed by atoms with van der Waals surface area (Å²) in [5, 5.41) is 9.44. The van der Waals surface area contributed by atoms with E-state index in [4.69, 9.17) is 4.42 Å². The highest BCUT2D eigenvalue weighted by Gasteiger charge is 2.29. The van der Waals surface area contributed by atoms with E-state index in [1.165, 1.54) is 32.1 Å². The lowest BCUT2D eigenvalue weighted by Gasteiger charge is -2.32. The summed E-state index contributed by atoms with van der Waals surface area (Å²) in [6.45, 7) is 6.09. The highest BCUT2D eigenvalue weighted by Crippen LogP contribution is 2.39. The highest BCUT2D eigenvalue weighted by atomic mass is 16.4. The number of rotatable bonds is 5. The second-order valence-corrected chi connectivity index (χ2v) is 7.47. The first-order valence-corrected chi connectivity index (χ1v) is 9.55. The van der Waals surface area contributed by atoms with Gasteiger partial charge in [-0.05, 0) is 38.6 Å². The molecule has 2 heterocycles. The quantitative estimate of drug-likeness (QED) is 0.822. The molecular formula is C19H30N4O. The smallest absolute Gasteiger partial charge is 0.234 e. The van der Waals surface area contributed by atoms with Crippen LogP contribution in [0.3, 0.4) is 0 Å². The molecule has 5 nitrogen and oxygen atoms in total. The number of nitrogens with zero attached hydrogens (tertiary/aromatic N) is 4. The van der Waals surface area contributed by atoms with E-state index >= 15 is 0 Å². The van der Waals surface area contributed by atoms with Gasteiger partial charge in [0.15, 0.2) is 0 Å². The standard InChI is InChI=1S/C19H30N4O/c1-3-4-5-15-6-8-16(9-7-15)18-21-17(14-20)19(24-18)23-12-10-22(2)11-13-23/h15-16H,3-13H2,1-2H3. The van der Waals surface area contributed by atoms with Crippen molar-refractivity contribution >= 4 is 5.88 Å². The summed E-state index contributed by atoms with van der Waals surface area (Å²) in [4.78, 5) is 9.04. The van der Waals surface area contributed by atoms with Crippen molar-refractivity contribution in [2.75, 3.05) is 38.1 Å². The summed E-state index contributed by atoms with van der Waals surface area (Å²) >= 11 is 0. The number of piperazine rings is 1. The van der Waals surface area contributed by atoms with Crippen molar-refractivity contribution in [1.29, 1.82) is 5.26 Å². The fourth-order valence-corrected chi connectivity index (χ4v) is 3.99. The average Bonchev–Trinajstić information content (AvgIpc) is 3.05. The molecular weight excluding hydrogens is 300 g/mol. The van der Waals surface area contributed by atoms with Gasteiger partial charge < -0.3 is 14.2 Å². The van der Waals surface area contributed by atoms with Crippen LogP contribution in [0.2, 0.25) is 0 Å². The van der Waals surface area contributed by atoms with Gasteiger partial charge in [-0.15, -0.1) is 0 Å². The summed E-state index contributed by atoms with van der Waals surface area (Å²) < 4.78 is 6.11. The predicted octanol–water partition coefficient (Wildman–Crippen LogP) is 3.76. The molecule has 0 aromatic carbocycles. The molecule has 1 aliphatic heterocycles. The molecule has 24 heavy (non-hydrogen) atoms. The van der Waals surface area contributed by atoms with Crippen LogP contribution in [0.5, 0.6) is 0 Å². The van der Waals surface area contributed by atoms with Crippen LogP contribution in [-0.2, 0) is 0 Å². The lowest BCUT2D eigenvalue weighted by Crippen LogP contribution is -2.44. The molecule has 0 unspecified atom stereocenters. The first-order valence-electron chi connectivity index (χ1n) is 9.55. The second kappa shape index (κ2) is 8.02. The Morgan fingerprint density at radius 3 is 2.50 bits per heavy atom. The third-order valence-corrected chi connectivity index (χ3v) is 5.68. The molecule has 1 aromatic rings. The summed E-state index contributed by atoms with van der Waals surface area (Å²) in [7, 11) is 2.13. The van der Waals surface area contributed by atoms with E-state index in [9.17, 15) is 5.26 Å². The zero-order valence-corrected chi connectivity index (χ0v) is 15.1. The van der Waals surface area contributed by atoms with E-state index in [1.807, 2.05) is 0 Å². The first kappa shape index (κ1) is 17.3. The van der Waals surface area contributed by atoms with Crippen molar-refractivity contribution in [3.05, 3.63) is 11.6 Å². The Labute approximate surface area is 145 Å². The molecule has 0 spiro atoms. The van der Waals surface area contributed by atoms with Crippen LogP contribution < -0.4 is 4.90 Å². The highest BCUT2D eigenvalue weighted by molar-refractivity contribution is 5.48. The number of oxazole rings is 1. The fraction of sp³-hybridized carbons (Fsp3) is 0.789. The van der Waals surface area contributed by atoms with Gasteiger partial charge >= 0.3 is 0 Å². The Morgan fingerprint density at radius 2 is 1.88 bits per heavy atom. The number of likely N-dealkylation sites (N-methyl/N-ethyl adjacent to an activating group) is 1. The third-order valence-electron chi connectivity index (χ3n) is 5.68. The lowest BCUT2D eigenvalue weighted by molar-refractivity contribution is 0.273. The summed E-state index contributed by atoms with van der Waals surface area (Å²) in [5.74, 6) is 2.78. The van der Waals surface area contributed by atoms with E-state index in [1.54, 1.807) is 0 Å². The van der Waals surface area contributed by atoms with Gasteiger partial charge in [0.2, 0.25) is 17.5 Å². The van der Waals surface area contributed by atoms with Crippen molar-refractivity contribution in [1.82, 2.24) is 9.88 Å². The second-order valence-electron chi connectivity index (χ2n) is 7.47. The molecule has 0 amide bonds. The normalized spacial score (nSPS) is 25.6. The molecule has 1 aliphatic carbocycles. The Balaban J connectivity index is 1.64. The molecule has 1 saturated heterocycles. The predicted molar refractivity (Wildman–Crippen MR) is 95.2 cm³/mol. The first-order chi connectivity index (χ1) is 11.7. The fourth-order valence-electron chi connectivity index (χ4n) is 3.99. The molecule has 2 fully saturated rings. The zero-order chi connectivity index (χ0) is 16.9. The van der Waals surface area contributed by atoms with Gasteiger partial charge in [-0.1, -0.05) is 26.2 Å². The number of hydrogen-bond donors (Lipinski definition) is 0. The van der Waals surface area contributed by atoms with Crippen molar-refractivity contribution in [3.8, 4) is 6.07 Å². The van der Waals surface area contributed by atoms with Crippen LogP contribution in [0.15, 0.2) is 4.42 Å². The molecule has 5 heteroatoms. The van der Waals surface area contributed by atoms with Gasteiger partial charge in [0, 0.05) is 32.1 Å². The van der Waals surface area contributed by atoms with Gasteiger partial charge in [-0.25, -0.2) is 4.98 Å². The van der Waals surface area contributed by atoms with Gasteiger partial charge in [0.25, 0.3) is 0 Å². The maximum absolute atomic E-state index is 9.44. The van der Waals surface area contributed by atoms with Crippen molar-refractivity contribution in [2.45, 2.75) is 57.8 Å². The number of nitriles is 1. The van der Waals surface area contributed by atoms with Crippen LogP contribution in [0.4, 0.5) is 5.88 Å². The summed E-state index contributed by atoms with van der Waals surface area (Å²) in [6.07, 6.45) is 8.87. The molecule has 0 N–H and O–H groups in total. The molecule has 1 aromatic heterocycles. The van der Waals surface area contributed by atoms with Crippen LogP contribution in [-0.4, -0.2) is 43.1 Å². The van der Waals surface area contributed by atoms with E-state index in [0.717, 1.165) is 50.8 Å². The third kappa shape index (κ3) is 3.92. The molecule has 0 bridgehead atoms. The van der Waals surface area contributed by atoms with Crippen molar-refractivity contribution in [2.24, 2.45) is 5.92 Å². The monoisotopic (exact) mass is 330 g/mol. The van der Waals surface area contributed by atoms with Gasteiger partial charge in [-0.3, -0.25) is 0 Å². The van der Waals surface area contributed by atoms with E-state index in [2.05, 4.69) is 34.8 Å². The van der Waals surface area contributed by atoms with Crippen LogP contribution in [0, 0.1) is 17.2 Å². The summed E-state index contributed by atoms with van der Waals surface area (Å²) in [5.41, 5.74) is 0.475. The van der Waals surface area contributed by atoms with Gasteiger partial charge in [0.1, 0.15) is 6.07 Å². The Bertz CT molecular complexity index is 560. The van der Waals surface area contributed by atoms with Crippen LogP contribution >= 0.6 is 0 Å². The number of aromatic nitrogens is 1. The SMILES string of the molecule is CCCCC1CCC(c2nc(C#N)c(N3CCN(C)CC3)o2)CC1. The summed E-state index contributed by atoms with van der Waals surface area (Å²) in [6, 6.07) is 2.24. The Kier molecular flexibility index (Phi) is 5.78. The Morgan fingerprint density at radius 1 is 1.17 bits per heavy atom. The lowest BCUT2D eigenvalue weighted by atomic mass is 9.80. The molecule has 3 rings (SSSR count). The minimum absolute atomic E-state index is 0.399. The Hall–Kier alpha value is -1.54. The molecule has 0 atom stereocenters. The molecule has 132 valence electrons. The van der Waals surface area contributed by atoms with E-state index in [0.29, 0.717) is 17.5 Å². The largest absolute Gasteiger partial charge is 0.423 e.